The molecular weight excluding hydrogens is 428 g/mol. The largest absolute Gasteiger partial charge is 0.465 e. The van der Waals surface area contributed by atoms with Crippen molar-refractivity contribution in [2.75, 3.05) is 12.4 Å². The van der Waals surface area contributed by atoms with Gasteiger partial charge in [0.05, 0.1) is 29.7 Å². The lowest BCUT2D eigenvalue weighted by Crippen LogP contribution is -2.16. The summed E-state index contributed by atoms with van der Waals surface area (Å²) in [6.45, 7) is 0. The Kier molecular flexibility index (Phi) is 5.58. The molecule has 1 N–H and O–H groups in total. The third-order valence-electron chi connectivity index (χ3n) is 5.38. The third kappa shape index (κ3) is 4.02. The van der Waals surface area contributed by atoms with Crippen molar-refractivity contribution >= 4 is 23.2 Å². The van der Waals surface area contributed by atoms with E-state index in [1.165, 1.54) is 7.11 Å². The molecule has 2 heterocycles. The summed E-state index contributed by atoms with van der Waals surface area (Å²) in [4.78, 5) is 29.9. The molecule has 0 radical (unpaired) electrons. The van der Waals surface area contributed by atoms with Crippen molar-refractivity contribution in [1.29, 1.82) is 0 Å². The summed E-state index contributed by atoms with van der Waals surface area (Å²) in [6.07, 6.45) is 0. The Bertz CT molecular complexity index is 1490. The normalized spacial score (nSPS) is 10.7. The van der Waals surface area contributed by atoms with Crippen LogP contribution in [0.5, 0.6) is 0 Å². The molecule has 166 valence electrons. The molecule has 0 saturated carbocycles. The maximum Gasteiger partial charge on any atom is 0.339 e. The average molecular weight is 448 g/mol. The van der Waals surface area contributed by atoms with Gasteiger partial charge in [-0.15, -0.1) is 0 Å². The Morgan fingerprint density at radius 2 is 1.47 bits per heavy atom. The fraction of sp³-hybridized carbons (Fsp3) is 0.0370. The number of para-hydroxylation sites is 1. The second-order valence-electron chi connectivity index (χ2n) is 7.55. The number of nitrogens with zero attached hydrogens (tertiary/aromatic N) is 3. The Morgan fingerprint density at radius 1 is 0.824 bits per heavy atom. The summed E-state index contributed by atoms with van der Waals surface area (Å²) in [5.41, 5.74) is 4.79. The number of benzene rings is 3. The Morgan fingerprint density at radius 3 is 2.18 bits per heavy atom. The number of esters is 1. The van der Waals surface area contributed by atoms with E-state index in [1.54, 1.807) is 34.8 Å². The van der Waals surface area contributed by atoms with Crippen molar-refractivity contribution in [2.45, 2.75) is 0 Å². The summed E-state index contributed by atoms with van der Waals surface area (Å²) in [6, 6.07) is 29.9. The minimum Gasteiger partial charge on any atom is -0.465 e. The van der Waals surface area contributed by atoms with Gasteiger partial charge in [-0.05, 0) is 18.2 Å². The number of carbonyl (C=O) groups excluding carboxylic acids is 2. The molecule has 5 aromatic rings. The lowest BCUT2D eigenvalue weighted by Gasteiger charge is -2.09. The molecule has 5 rings (SSSR count). The van der Waals surface area contributed by atoms with Crippen molar-refractivity contribution in [3.8, 4) is 22.5 Å². The number of aromatic nitrogens is 3. The van der Waals surface area contributed by atoms with Gasteiger partial charge < -0.3 is 10.1 Å². The highest BCUT2D eigenvalue weighted by Crippen LogP contribution is 2.27. The molecule has 7 nitrogen and oxygen atoms in total. The molecule has 0 spiro atoms. The fourth-order valence-electron chi connectivity index (χ4n) is 3.72. The summed E-state index contributed by atoms with van der Waals surface area (Å²) >= 11 is 0. The molecule has 34 heavy (non-hydrogen) atoms. The standard InChI is InChI=1S/C27H20N4O3/c1-34-27(33)20-14-8-9-15-21(20)29-26(32)23-17-25-28-22(18-10-4-2-5-11-18)16-24(31(25)30-23)19-12-6-3-7-13-19/h2-17H,1H3,(H,29,32). The first kappa shape index (κ1) is 21.1. The van der Waals surface area contributed by atoms with Gasteiger partial charge in [0, 0.05) is 17.2 Å². The van der Waals surface area contributed by atoms with Gasteiger partial charge in [0.1, 0.15) is 0 Å². The smallest absolute Gasteiger partial charge is 0.339 e. The minimum atomic E-state index is -0.536. The highest BCUT2D eigenvalue weighted by Gasteiger charge is 2.19. The maximum atomic E-state index is 13.1. The van der Waals surface area contributed by atoms with Crippen LogP contribution in [-0.2, 0) is 4.74 Å². The van der Waals surface area contributed by atoms with Gasteiger partial charge >= 0.3 is 5.97 Å². The number of amides is 1. The lowest BCUT2D eigenvalue weighted by atomic mass is 10.1. The zero-order valence-electron chi connectivity index (χ0n) is 18.3. The SMILES string of the molecule is COC(=O)c1ccccc1NC(=O)c1cc2nc(-c3ccccc3)cc(-c3ccccc3)n2n1. The molecule has 2 aromatic heterocycles. The zero-order chi connectivity index (χ0) is 23.5. The van der Waals surface area contributed by atoms with Crippen LogP contribution in [0.25, 0.3) is 28.2 Å². The highest BCUT2D eigenvalue weighted by atomic mass is 16.5. The predicted octanol–water partition coefficient (Wildman–Crippen LogP) is 5.10. The molecule has 0 unspecified atom stereocenters. The van der Waals surface area contributed by atoms with E-state index in [0.29, 0.717) is 11.3 Å². The molecule has 0 aliphatic rings. The Hall–Kier alpha value is -4.78. The number of rotatable bonds is 5. The van der Waals surface area contributed by atoms with Crippen LogP contribution >= 0.6 is 0 Å². The van der Waals surface area contributed by atoms with E-state index >= 15 is 0 Å². The van der Waals surface area contributed by atoms with E-state index in [4.69, 9.17) is 9.72 Å². The first-order valence-corrected chi connectivity index (χ1v) is 10.6. The summed E-state index contributed by atoms with van der Waals surface area (Å²) in [5.74, 6) is -0.992. The number of anilines is 1. The van der Waals surface area contributed by atoms with Crippen LogP contribution in [0.3, 0.4) is 0 Å². The van der Waals surface area contributed by atoms with Crippen molar-refractivity contribution in [3.05, 3.63) is 108 Å². The number of nitrogens with one attached hydrogen (secondary N) is 1. The van der Waals surface area contributed by atoms with E-state index in [1.807, 2.05) is 66.7 Å². The molecule has 0 bridgehead atoms. The monoisotopic (exact) mass is 448 g/mol. The van der Waals surface area contributed by atoms with Crippen LogP contribution in [0.2, 0.25) is 0 Å². The number of methoxy groups -OCH3 is 1. The van der Waals surface area contributed by atoms with E-state index in [2.05, 4.69) is 10.4 Å². The molecule has 3 aromatic carbocycles. The predicted molar refractivity (Wildman–Crippen MR) is 130 cm³/mol. The van der Waals surface area contributed by atoms with Crippen LogP contribution < -0.4 is 5.32 Å². The van der Waals surface area contributed by atoms with Crippen LogP contribution in [0, 0.1) is 0 Å². The number of carbonyl (C=O) groups is 2. The van der Waals surface area contributed by atoms with Gasteiger partial charge in [0.25, 0.3) is 5.91 Å². The van der Waals surface area contributed by atoms with Crippen LogP contribution in [0.1, 0.15) is 20.8 Å². The van der Waals surface area contributed by atoms with E-state index < -0.39 is 11.9 Å². The molecule has 0 saturated heterocycles. The number of ether oxygens (including phenoxy) is 1. The topological polar surface area (TPSA) is 85.6 Å². The average Bonchev–Trinajstić information content (AvgIpc) is 3.33. The van der Waals surface area contributed by atoms with Crippen LogP contribution in [0.15, 0.2) is 97.1 Å². The van der Waals surface area contributed by atoms with E-state index in [-0.39, 0.29) is 11.3 Å². The third-order valence-corrected chi connectivity index (χ3v) is 5.38. The molecule has 7 heteroatoms. The van der Waals surface area contributed by atoms with Gasteiger partial charge in [-0.3, -0.25) is 4.79 Å². The zero-order valence-corrected chi connectivity index (χ0v) is 18.3. The molecular formula is C27H20N4O3. The minimum absolute atomic E-state index is 0.176. The second-order valence-corrected chi connectivity index (χ2v) is 7.55. The number of hydrogen-bond donors (Lipinski definition) is 1. The van der Waals surface area contributed by atoms with Crippen LogP contribution in [0.4, 0.5) is 5.69 Å². The fourth-order valence-corrected chi connectivity index (χ4v) is 3.72. The van der Waals surface area contributed by atoms with E-state index in [9.17, 15) is 9.59 Å². The van der Waals surface area contributed by atoms with Crippen LogP contribution in [-0.4, -0.2) is 33.6 Å². The summed E-state index contributed by atoms with van der Waals surface area (Å²) in [5, 5.41) is 7.31. The van der Waals surface area contributed by atoms with Crippen molar-refractivity contribution in [1.82, 2.24) is 14.6 Å². The molecule has 1 amide bonds. The summed E-state index contributed by atoms with van der Waals surface area (Å²) in [7, 11) is 1.30. The number of hydrogen-bond acceptors (Lipinski definition) is 5. The van der Waals surface area contributed by atoms with Crippen molar-refractivity contribution < 1.29 is 14.3 Å². The van der Waals surface area contributed by atoms with Gasteiger partial charge in [0.2, 0.25) is 0 Å². The Balaban J connectivity index is 1.59. The van der Waals surface area contributed by atoms with Crippen molar-refractivity contribution in [2.24, 2.45) is 0 Å². The van der Waals surface area contributed by atoms with Gasteiger partial charge in [0.15, 0.2) is 11.3 Å². The first-order chi connectivity index (χ1) is 16.6. The van der Waals surface area contributed by atoms with Gasteiger partial charge in [-0.1, -0.05) is 72.8 Å². The highest BCUT2D eigenvalue weighted by molar-refractivity contribution is 6.07. The van der Waals surface area contributed by atoms with E-state index in [0.717, 1.165) is 22.5 Å². The number of fused-ring (bicyclic) bond motifs is 1. The maximum absolute atomic E-state index is 13.1. The second kappa shape index (κ2) is 8.99. The molecule has 0 aliphatic heterocycles. The van der Waals surface area contributed by atoms with Crippen molar-refractivity contribution in [3.63, 3.8) is 0 Å². The van der Waals surface area contributed by atoms with Gasteiger partial charge in [-0.2, -0.15) is 5.10 Å². The lowest BCUT2D eigenvalue weighted by molar-refractivity contribution is 0.0602. The molecule has 0 aliphatic carbocycles. The molecule has 0 fully saturated rings. The Labute approximate surface area is 195 Å². The quantitative estimate of drug-likeness (QED) is 0.378. The van der Waals surface area contributed by atoms with Gasteiger partial charge in [-0.25, -0.2) is 14.3 Å². The first-order valence-electron chi connectivity index (χ1n) is 10.6. The molecule has 0 atom stereocenters. The summed E-state index contributed by atoms with van der Waals surface area (Å²) < 4.78 is 6.47.